The molecule has 2 aliphatic rings. The molecule has 0 fully saturated rings. The third-order valence-corrected chi connectivity index (χ3v) is 8.60. The van der Waals surface area contributed by atoms with Gasteiger partial charge in [0.15, 0.2) is 11.5 Å². The third-order valence-electron chi connectivity index (χ3n) is 6.07. The van der Waals surface area contributed by atoms with E-state index in [0.29, 0.717) is 46.9 Å². The molecule has 1 unspecified atom stereocenters. The van der Waals surface area contributed by atoms with E-state index in [9.17, 15) is 12.6 Å². The van der Waals surface area contributed by atoms with Crippen LogP contribution in [0, 0.1) is 0 Å². The topological polar surface area (TPSA) is 144 Å². The van der Waals surface area contributed by atoms with E-state index in [2.05, 4.69) is 30.0 Å². The predicted molar refractivity (Wildman–Crippen MR) is 148 cm³/mol. The van der Waals surface area contributed by atoms with E-state index < -0.39 is 21.0 Å². The summed E-state index contributed by atoms with van der Waals surface area (Å²) in [6, 6.07) is 18.7. The Labute approximate surface area is 227 Å². The molecule has 39 heavy (non-hydrogen) atoms. The van der Waals surface area contributed by atoms with Crippen LogP contribution in [0.1, 0.15) is 6.42 Å². The molecule has 0 saturated carbocycles. The Morgan fingerprint density at radius 3 is 2.67 bits per heavy atom. The van der Waals surface area contributed by atoms with Crippen LogP contribution in [-0.4, -0.2) is 42.5 Å². The summed E-state index contributed by atoms with van der Waals surface area (Å²) in [5, 5.41) is 6.51. The Morgan fingerprint density at radius 1 is 0.949 bits per heavy atom. The van der Waals surface area contributed by atoms with Crippen LogP contribution in [0.25, 0.3) is 11.1 Å². The number of hydrogen-bond acceptors (Lipinski definition) is 9. The van der Waals surface area contributed by atoms with Crippen LogP contribution in [0.4, 0.5) is 23.1 Å². The second kappa shape index (κ2) is 10.5. The molecule has 4 N–H and O–H groups in total. The molecule has 3 heterocycles. The van der Waals surface area contributed by atoms with Gasteiger partial charge in [-0.2, -0.15) is 4.98 Å². The Hall–Kier alpha value is -4.20. The fourth-order valence-corrected chi connectivity index (χ4v) is 6.13. The van der Waals surface area contributed by atoms with E-state index in [1.54, 1.807) is 48.7 Å². The average Bonchev–Trinajstić information content (AvgIpc) is 3.41. The lowest BCUT2D eigenvalue weighted by atomic mass is 10.1. The maximum absolute atomic E-state index is 12.9. The molecular formula is C26H24N6O5S2. The highest BCUT2D eigenvalue weighted by Crippen LogP contribution is 2.35. The van der Waals surface area contributed by atoms with Gasteiger partial charge in [0.2, 0.25) is 12.7 Å². The second-order valence-corrected chi connectivity index (χ2v) is 11.7. The van der Waals surface area contributed by atoms with Gasteiger partial charge in [-0.1, -0.05) is 18.2 Å². The smallest absolute Gasteiger partial charge is 0.262 e. The zero-order chi connectivity index (χ0) is 26.8. The van der Waals surface area contributed by atoms with E-state index in [4.69, 9.17) is 9.47 Å². The maximum Gasteiger partial charge on any atom is 0.262 e. The van der Waals surface area contributed by atoms with Crippen LogP contribution in [-0.2, 0) is 21.0 Å². The highest BCUT2D eigenvalue weighted by Gasteiger charge is 2.21. The number of ether oxygens (including phenoxy) is 2. The number of fused-ring (bicyclic) bond motifs is 5. The summed E-state index contributed by atoms with van der Waals surface area (Å²) in [5.74, 6) is 1.92. The molecule has 1 aromatic heterocycles. The van der Waals surface area contributed by atoms with Gasteiger partial charge in [-0.05, 0) is 54.4 Å². The lowest BCUT2D eigenvalue weighted by Gasteiger charge is -2.14. The van der Waals surface area contributed by atoms with E-state index in [0.717, 1.165) is 23.2 Å². The van der Waals surface area contributed by atoms with Crippen LogP contribution in [0.15, 0.2) is 82.7 Å². The highest BCUT2D eigenvalue weighted by molar-refractivity contribution is 7.92. The number of hydrogen-bond donors (Lipinski definition) is 4. The third kappa shape index (κ3) is 5.50. The molecule has 2 aliphatic heterocycles. The SMILES string of the molecule is O=S1NCCCNc2nc(ncc2-c2ccc(NS(=O)(=O)c3ccc4c(c3)OCO4)cc2)Nc2cccc1c2. The molecule has 0 saturated heterocycles. The van der Waals surface area contributed by atoms with Crippen LogP contribution in [0.2, 0.25) is 0 Å². The number of benzene rings is 3. The van der Waals surface area contributed by atoms with Crippen molar-refractivity contribution >= 4 is 44.1 Å². The normalized spacial score (nSPS) is 16.6. The van der Waals surface area contributed by atoms with Crippen molar-refractivity contribution < 1.29 is 22.1 Å². The van der Waals surface area contributed by atoms with Crippen LogP contribution >= 0.6 is 0 Å². The first-order chi connectivity index (χ1) is 18.9. The molecule has 1 atom stereocenters. The van der Waals surface area contributed by atoms with E-state index in [1.165, 1.54) is 12.1 Å². The number of nitrogens with one attached hydrogen (secondary N) is 4. The molecule has 0 aliphatic carbocycles. The van der Waals surface area contributed by atoms with Crippen LogP contribution in [0.3, 0.4) is 0 Å². The molecule has 200 valence electrons. The second-order valence-electron chi connectivity index (χ2n) is 8.75. The lowest BCUT2D eigenvalue weighted by molar-refractivity contribution is 0.174. The van der Waals surface area contributed by atoms with Gasteiger partial charge in [0, 0.05) is 42.3 Å². The lowest BCUT2D eigenvalue weighted by Crippen LogP contribution is -2.20. The van der Waals surface area contributed by atoms with Crippen LogP contribution in [0.5, 0.6) is 11.5 Å². The standard InChI is InChI=1S/C26H24N6O5S2/c33-38-20-4-1-3-19(13-20)30-26-28-15-22(25(31-26)27-11-2-12-29-38)17-5-7-18(8-6-17)32-39(34,35)21-9-10-23-24(14-21)37-16-36-23/h1,3-10,13-15,29,32H,2,11-12,16H2,(H2,27,28,30,31). The van der Waals surface area contributed by atoms with E-state index >= 15 is 0 Å². The Morgan fingerprint density at radius 2 is 1.79 bits per heavy atom. The molecule has 4 bridgehead atoms. The molecule has 3 aromatic carbocycles. The van der Waals surface area contributed by atoms with E-state index in [1.807, 2.05) is 12.1 Å². The van der Waals surface area contributed by atoms with Gasteiger partial charge in [0.25, 0.3) is 10.0 Å². The number of rotatable bonds is 4. The van der Waals surface area contributed by atoms with Crippen molar-refractivity contribution in [2.45, 2.75) is 16.2 Å². The minimum absolute atomic E-state index is 0.0658. The van der Waals surface area contributed by atoms with Crippen LogP contribution < -0.4 is 29.6 Å². The van der Waals surface area contributed by atoms with Crippen molar-refractivity contribution in [2.24, 2.45) is 0 Å². The summed E-state index contributed by atoms with van der Waals surface area (Å²) < 4.78 is 54.5. The van der Waals surface area contributed by atoms with Crippen molar-refractivity contribution in [3.05, 3.63) is 72.9 Å². The molecule has 6 rings (SSSR count). The summed E-state index contributed by atoms with van der Waals surface area (Å²) in [4.78, 5) is 9.88. The van der Waals surface area contributed by atoms with Gasteiger partial charge in [-0.15, -0.1) is 0 Å². The fraction of sp³-hybridized carbons (Fsp3) is 0.154. The Bertz CT molecular complexity index is 1660. The van der Waals surface area contributed by atoms with Crippen molar-refractivity contribution in [1.82, 2.24) is 14.7 Å². The summed E-state index contributed by atoms with van der Waals surface area (Å²) in [6.45, 7) is 1.22. The number of sulfonamides is 1. The number of aromatic nitrogens is 2. The van der Waals surface area contributed by atoms with Gasteiger partial charge in [0.1, 0.15) is 16.8 Å². The summed E-state index contributed by atoms with van der Waals surface area (Å²) in [7, 11) is -5.15. The largest absolute Gasteiger partial charge is 0.454 e. The fourth-order valence-electron chi connectivity index (χ4n) is 4.13. The summed E-state index contributed by atoms with van der Waals surface area (Å²) in [5.41, 5.74) is 2.69. The minimum Gasteiger partial charge on any atom is -0.454 e. The Kier molecular flexibility index (Phi) is 6.77. The van der Waals surface area contributed by atoms with E-state index in [-0.39, 0.29) is 11.7 Å². The molecule has 0 spiro atoms. The molecule has 11 nitrogen and oxygen atoms in total. The molecule has 13 heteroatoms. The summed E-state index contributed by atoms with van der Waals surface area (Å²) >= 11 is 0. The zero-order valence-electron chi connectivity index (χ0n) is 20.5. The minimum atomic E-state index is -3.83. The molecular weight excluding hydrogens is 540 g/mol. The number of anilines is 4. The zero-order valence-corrected chi connectivity index (χ0v) is 22.1. The van der Waals surface area contributed by atoms with Gasteiger partial charge in [-0.25, -0.2) is 22.3 Å². The van der Waals surface area contributed by atoms with Gasteiger partial charge >= 0.3 is 0 Å². The first-order valence-corrected chi connectivity index (χ1v) is 14.7. The monoisotopic (exact) mass is 564 g/mol. The van der Waals surface area contributed by atoms with Crippen molar-refractivity contribution in [2.75, 3.05) is 35.2 Å². The molecule has 0 amide bonds. The van der Waals surface area contributed by atoms with Gasteiger partial charge < -0.3 is 20.1 Å². The van der Waals surface area contributed by atoms with Gasteiger partial charge in [-0.3, -0.25) is 4.72 Å². The predicted octanol–water partition coefficient (Wildman–Crippen LogP) is 3.84. The van der Waals surface area contributed by atoms with Crippen molar-refractivity contribution in [1.29, 1.82) is 0 Å². The maximum atomic E-state index is 12.9. The first kappa shape index (κ1) is 25.1. The first-order valence-electron chi connectivity index (χ1n) is 12.1. The van der Waals surface area contributed by atoms with Gasteiger partial charge in [0.05, 0.1) is 9.79 Å². The summed E-state index contributed by atoms with van der Waals surface area (Å²) in [6.07, 6.45) is 2.43. The highest BCUT2D eigenvalue weighted by atomic mass is 32.2. The average molecular weight is 565 g/mol. The molecule has 0 radical (unpaired) electrons. The molecule has 4 aromatic rings. The quantitative estimate of drug-likeness (QED) is 0.291. The van der Waals surface area contributed by atoms with Crippen molar-refractivity contribution in [3.63, 3.8) is 0 Å². The number of nitrogens with zero attached hydrogens (tertiary/aromatic N) is 2. The Balaban J connectivity index is 1.24. The van der Waals surface area contributed by atoms with Crippen molar-refractivity contribution in [3.8, 4) is 22.6 Å².